The summed E-state index contributed by atoms with van der Waals surface area (Å²) >= 11 is 0. The predicted molar refractivity (Wildman–Crippen MR) is 82.7 cm³/mol. The summed E-state index contributed by atoms with van der Waals surface area (Å²) in [6.07, 6.45) is 9.04. The third-order valence-electron chi connectivity index (χ3n) is 6.82. The molecule has 1 aliphatic heterocycles. The van der Waals surface area contributed by atoms with Crippen molar-refractivity contribution in [3.63, 3.8) is 0 Å². The Hall–Kier alpha value is -0.0800. The molecule has 0 aromatic heterocycles. The van der Waals surface area contributed by atoms with E-state index >= 15 is 0 Å². The minimum absolute atomic E-state index is 0.00806. The molecule has 0 amide bonds. The van der Waals surface area contributed by atoms with Gasteiger partial charge in [0.1, 0.15) is 0 Å². The molecular formula is C18H34NO+. The van der Waals surface area contributed by atoms with Gasteiger partial charge in [0.05, 0.1) is 25.7 Å². The van der Waals surface area contributed by atoms with Crippen molar-refractivity contribution >= 4 is 0 Å². The number of nitrogens with one attached hydrogen (secondary N) is 1. The number of quaternary nitrogens is 1. The summed E-state index contributed by atoms with van der Waals surface area (Å²) in [7, 11) is 0. The van der Waals surface area contributed by atoms with Crippen LogP contribution in [0.15, 0.2) is 0 Å². The molecule has 0 aromatic rings. The highest BCUT2D eigenvalue weighted by molar-refractivity contribution is 4.87. The van der Waals surface area contributed by atoms with Crippen molar-refractivity contribution in [3.05, 3.63) is 0 Å². The third kappa shape index (κ3) is 3.22. The third-order valence-corrected chi connectivity index (χ3v) is 6.82. The van der Waals surface area contributed by atoms with Gasteiger partial charge in [-0.25, -0.2) is 0 Å². The Morgan fingerprint density at radius 1 is 0.850 bits per heavy atom. The molecule has 3 rings (SSSR count). The van der Waals surface area contributed by atoms with Crippen LogP contribution in [-0.4, -0.2) is 30.8 Å². The zero-order valence-corrected chi connectivity index (χ0v) is 13.5. The van der Waals surface area contributed by atoms with Gasteiger partial charge in [-0.3, -0.25) is 0 Å². The highest BCUT2D eigenvalue weighted by atomic mass is 16.3. The van der Waals surface area contributed by atoms with Crippen LogP contribution in [0.1, 0.15) is 58.8 Å². The molecule has 1 saturated heterocycles. The maximum absolute atomic E-state index is 9.61. The summed E-state index contributed by atoms with van der Waals surface area (Å²) in [6.45, 7) is 9.25. The van der Waals surface area contributed by atoms with Crippen molar-refractivity contribution in [2.24, 2.45) is 29.6 Å². The van der Waals surface area contributed by atoms with Gasteiger partial charge in [0.25, 0.3) is 0 Å². The van der Waals surface area contributed by atoms with E-state index in [9.17, 15) is 5.11 Å². The molecule has 20 heavy (non-hydrogen) atoms. The van der Waals surface area contributed by atoms with E-state index in [0.717, 1.165) is 42.4 Å². The van der Waals surface area contributed by atoms with Crippen LogP contribution in [0.4, 0.5) is 0 Å². The maximum Gasteiger partial charge on any atom is 0.0805 e. The molecule has 3 fully saturated rings. The van der Waals surface area contributed by atoms with Crippen molar-refractivity contribution < 1.29 is 10.0 Å². The molecule has 0 bridgehead atoms. The van der Waals surface area contributed by atoms with E-state index in [2.05, 4.69) is 13.8 Å². The van der Waals surface area contributed by atoms with E-state index in [-0.39, 0.29) is 6.10 Å². The molecular weight excluding hydrogens is 246 g/mol. The Morgan fingerprint density at radius 2 is 1.60 bits per heavy atom. The lowest BCUT2D eigenvalue weighted by Gasteiger charge is -2.39. The predicted octanol–water partition coefficient (Wildman–Crippen LogP) is 2.12. The number of fused-ring (bicyclic) bond motifs is 1. The van der Waals surface area contributed by atoms with Gasteiger partial charge in [0, 0.05) is 11.8 Å². The molecule has 2 nitrogen and oxygen atoms in total. The quantitative estimate of drug-likeness (QED) is 0.813. The molecule has 4 unspecified atom stereocenters. The molecule has 2 heteroatoms. The summed E-state index contributed by atoms with van der Waals surface area (Å²) < 4.78 is 0. The Bertz CT molecular complexity index is 311. The minimum Gasteiger partial charge on any atom is -0.393 e. The smallest absolute Gasteiger partial charge is 0.0805 e. The molecule has 116 valence electrons. The van der Waals surface area contributed by atoms with Crippen LogP contribution in [0.5, 0.6) is 0 Å². The van der Waals surface area contributed by atoms with Gasteiger partial charge in [0.15, 0.2) is 0 Å². The molecule has 2 aliphatic carbocycles. The zero-order chi connectivity index (χ0) is 14.1. The summed E-state index contributed by atoms with van der Waals surface area (Å²) in [5.41, 5.74) is 0. The van der Waals surface area contributed by atoms with E-state index in [1.165, 1.54) is 51.7 Å². The van der Waals surface area contributed by atoms with Gasteiger partial charge >= 0.3 is 0 Å². The van der Waals surface area contributed by atoms with Gasteiger partial charge in [-0.1, -0.05) is 13.8 Å². The first-order valence-electron chi connectivity index (χ1n) is 9.15. The van der Waals surface area contributed by atoms with Crippen molar-refractivity contribution in [2.75, 3.05) is 19.6 Å². The Morgan fingerprint density at radius 3 is 2.35 bits per heavy atom. The van der Waals surface area contributed by atoms with E-state index in [1.807, 2.05) is 4.90 Å². The lowest BCUT2D eigenvalue weighted by Crippen LogP contribution is -3.14. The first-order chi connectivity index (χ1) is 9.63. The van der Waals surface area contributed by atoms with Gasteiger partial charge < -0.3 is 10.0 Å². The van der Waals surface area contributed by atoms with Crippen LogP contribution in [0.3, 0.4) is 0 Å². The minimum atomic E-state index is 0.00806. The fourth-order valence-electron chi connectivity index (χ4n) is 5.43. The number of aliphatic hydroxyl groups is 1. The van der Waals surface area contributed by atoms with Crippen LogP contribution in [0, 0.1) is 29.6 Å². The fourth-order valence-corrected chi connectivity index (χ4v) is 5.43. The Kier molecular flexibility index (Phi) is 4.72. The second-order valence-corrected chi connectivity index (χ2v) is 8.23. The highest BCUT2D eigenvalue weighted by Gasteiger charge is 2.43. The zero-order valence-electron chi connectivity index (χ0n) is 13.5. The average Bonchev–Trinajstić information content (AvgIpc) is 2.81. The van der Waals surface area contributed by atoms with E-state index in [4.69, 9.17) is 0 Å². The number of likely N-dealkylation sites (tertiary alicyclic amines) is 1. The number of rotatable bonds is 3. The van der Waals surface area contributed by atoms with Gasteiger partial charge in [0.2, 0.25) is 0 Å². The van der Waals surface area contributed by atoms with Crippen molar-refractivity contribution in [1.29, 1.82) is 0 Å². The van der Waals surface area contributed by atoms with E-state index in [0.29, 0.717) is 0 Å². The molecule has 2 N–H and O–H groups in total. The lowest BCUT2D eigenvalue weighted by molar-refractivity contribution is -0.915. The van der Waals surface area contributed by atoms with Gasteiger partial charge in [-0.15, -0.1) is 0 Å². The molecule has 5 atom stereocenters. The molecule has 0 radical (unpaired) electrons. The second kappa shape index (κ2) is 6.36. The molecule has 0 aromatic carbocycles. The number of hydrogen-bond acceptors (Lipinski definition) is 1. The molecule has 3 aliphatic rings. The Labute approximate surface area is 124 Å². The standard InChI is InChI=1S/C18H33NO/c1-13-3-8-17-14(2)11-19(12-18(13)17)10-9-15-4-6-16(20)7-5-15/h13-18,20H,3-12H2,1-2H3/p+1/t13-,14?,15?,16?,17?,18?/m0/s1. The normalized spacial score (nSPS) is 49.0. The molecule has 2 saturated carbocycles. The number of piperidine rings is 1. The van der Waals surface area contributed by atoms with Crippen LogP contribution in [-0.2, 0) is 0 Å². The maximum atomic E-state index is 9.61. The lowest BCUT2D eigenvalue weighted by atomic mass is 9.78. The monoisotopic (exact) mass is 280 g/mol. The average molecular weight is 280 g/mol. The van der Waals surface area contributed by atoms with Crippen molar-refractivity contribution in [2.45, 2.75) is 64.9 Å². The Balaban J connectivity index is 1.46. The first kappa shape index (κ1) is 14.8. The molecule has 1 heterocycles. The van der Waals surface area contributed by atoms with Crippen LogP contribution >= 0.6 is 0 Å². The van der Waals surface area contributed by atoms with E-state index < -0.39 is 0 Å². The van der Waals surface area contributed by atoms with Crippen molar-refractivity contribution in [3.8, 4) is 0 Å². The summed E-state index contributed by atoms with van der Waals surface area (Å²) in [5.74, 6) is 4.88. The topological polar surface area (TPSA) is 24.7 Å². The highest BCUT2D eigenvalue weighted by Crippen LogP contribution is 2.41. The fraction of sp³-hybridized carbons (Fsp3) is 1.00. The summed E-state index contributed by atoms with van der Waals surface area (Å²) in [6, 6.07) is 0. The first-order valence-corrected chi connectivity index (χ1v) is 9.15. The second-order valence-electron chi connectivity index (χ2n) is 8.23. The SMILES string of the molecule is CC1C[NH+](CCC2CCC(O)CC2)CC2C1CC[C@@H]2C. The van der Waals surface area contributed by atoms with Gasteiger partial charge in [-0.2, -0.15) is 0 Å². The largest absolute Gasteiger partial charge is 0.393 e. The van der Waals surface area contributed by atoms with Crippen LogP contribution in [0.25, 0.3) is 0 Å². The van der Waals surface area contributed by atoms with Crippen LogP contribution in [0.2, 0.25) is 0 Å². The summed E-state index contributed by atoms with van der Waals surface area (Å²) in [5, 5.41) is 9.61. The number of hydrogen-bond donors (Lipinski definition) is 2. The van der Waals surface area contributed by atoms with Crippen molar-refractivity contribution in [1.82, 2.24) is 0 Å². The van der Waals surface area contributed by atoms with Crippen LogP contribution < -0.4 is 4.90 Å². The molecule has 0 spiro atoms. The summed E-state index contributed by atoms with van der Waals surface area (Å²) in [4.78, 5) is 1.89. The number of aliphatic hydroxyl groups excluding tert-OH is 1. The van der Waals surface area contributed by atoms with E-state index in [1.54, 1.807) is 0 Å². The van der Waals surface area contributed by atoms with Gasteiger partial charge in [-0.05, 0) is 62.7 Å².